The van der Waals surface area contributed by atoms with Crippen molar-refractivity contribution < 1.29 is 18.3 Å². The maximum absolute atomic E-state index is 12.2. The van der Waals surface area contributed by atoms with Crippen LogP contribution in [-0.4, -0.2) is 33.3 Å². The van der Waals surface area contributed by atoms with E-state index >= 15 is 0 Å². The summed E-state index contributed by atoms with van der Waals surface area (Å²) in [5.74, 6) is 0.456. The Kier molecular flexibility index (Phi) is 5.92. The van der Waals surface area contributed by atoms with E-state index in [1.807, 2.05) is 30.3 Å². The van der Waals surface area contributed by atoms with E-state index < -0.39 is 16.1 Å². The molecule has 0 fully saturated rings. The topological polar surface area (TPSA) is 75.6 Å². The molecular weight excluding hydrogens is 314 g/mol. The van der Waals surface area contributed by atoms with E-state index in [9.17, 15) is 13.5 Å². The van der Waals surface area contributed by atoms with Gasteiger partial charge in [0.25, 0.3) is 0 Å². The molecule has 0 aromatic heterocycles. The summed E-state index contributed by atoms with van der Waals surface area (Å²) in [6.45, 7) is -0.108. The van der Waals surface area contributed by atoms with Crippen LogP contribution in [-0.2, 0) is 10.0 Å². The predicted molar refractivity (Wildman–Crippen MR) is 89.7 cm³/mol. The number of rotatable bonds is 7. The maximum atomic E-state index is 12.2. The van der Waals surface area contributed by atoms with Crippen LogP contribution in [0, 0.1) is 0 Å². The Balaban J connectivity index is 1.97. The monoisotopic (exact) mass is 333 g/mol. The van der Waals surface area contributed by atoms with Gasteiger partial charge in [0, 0.05) is 12.6 Å². The van der Waals surface area contributed by atoms with Crippen LogP contribution in [0.2, 0.25) is 0 Å². The number of benzene rings is 2. The predicted octanol–water partition coefficient (Wildman–Crippen LogP) is 2.05. The van der Waals surface area contributed by atoms with Crippen LogP contribution in [0.1, 0.15) is 5.56 Å². The third-order valence-corrected chi connectivity index (χ3v) is 4.57. The van der Waals surface area contributed by atoms with Crippen LogP contribution in [0.25, 0.3) is 6.08 Å². The second-order valence-electron chi connectivity index (χ2n) is 4.87. The Bertz CT molecular complexity index is 757. The number of aliphatic hydroxyl groups is 1. The van der Waals surface area contributed by atoms with Crippen molar-refractivity contribution in [2.24, 2.45) is 0 Å². The van der Waals surface area contributed by atoms with Crippen LogP contribution in [0.3, 0.4) is 0 Å². The molecule has 0 amide bonds. The summed E-state index contributed by atoms with van der Waals surface area (Å²) in [6, 6.07) is 15.6. The molecule has 0 spiro atoms. The maximum Gasteiger partial charge on any atom is 0.240 e. The van der Waals surface area contributed by atoms with Crippen molar-refractivity contribution in [1.82, 2.24) is 4.72 Å². The quantitative estimate of drug-likeness (QED) is 0.813. The Morgan fingerprint density at radius 2 is 1.91 bits per heavy atom. The molecule has 2 N–H and O–H groups in total. The fourth-order valence-corrected chi connectivity index (χ4v) is 2.99. The van der Waals surface area contributed by atoms with E-state index in [4.69, 9.17) is 4.74 Å². The van der Waals surface area contributed by atoms with Crippen LogP contribution in [0.5, 0.6) is 5.75 Å². The van der Waals surface area contributed by atoms with E-state index in [2.05, 4.69) is 4.72 Å². The summed E-state index contributed by atoms with van der Waals surface area (Å²) in [6.07, 6.45) is 2.36. The van der Waals surface area contributed by atoms with Gasteiger partial charge < -0.3 is 9.84 Å². The molecule has 5 nitrogen and oxygen atoms in total. The fraction of sp³-hybridized carbons (Fsp3) is 0.176. The van der Waals surface area contributed by atoms with Crippen LogP contribution in [0.15, 0.2) is 65.6 Å². The molecule has 0 heterocycles. The van der Waals surface area contributed by atoms with Crippen LogP contribution >= 0.6 is 0 Å². The lowest BCUT2D eigenvalue weighted by atomic mass is 10.2. The van der Waals surface area contributed by atoms with Gasteiger partial charge in [0.2, 0.25) is 10.0 Å². The number of hydrogen-bond acceptors (Lipinski definition) is 4. The summed E-state index contributed by atoms with van der Waals surface area (Å²) in [5.41, 5.74) is 0.933. The van der Waals surface area contributed by atoms with Gasteiger partial charge in [-0.1, -0.05) is 48.6 Å². The van der Waals surface area contributed by atoms with Crippen LogP contribution in [0.4, 0.5) is 0 Å². The van der Waals surface area contributed by atoms with Gasteiger partial charge in [0.1, 0.15) is 5.75 Å². The number of ether oxygens (including phenoxy) is 1. The first kappa shape index (κ1) is 17.2. The zero-order valence-corrected chi connectivity index (χ0v) is 13.5. The molecule has 23 heavy (non-hydrogen) atoms. The van der Waals surface area contributed by atoms with Crippen molar-refractivity contribution in [2.45, 2.75) is 11.0 Å². The van der Waals surface area contributed by atoms with Crippen molar-refractivity contribution >= 4 is 16.1 Å². The Hall–Kier alpha value is -2.15. The van der Waals surface area contributed by atoms with E-state index in [-0.39, 0.29) is 11.4 Å². The third kappa shape index (κ3) is 5.21. The Morgan fingerprint density at radius 1 is 1.17 bits per heavy atom. The highest BCUT2D eigenvalue weighted by Crippen LogP contribution is 2.16. The molecule has 122 valence electrons. The number of sulfonamides is 1. The number of nitrogens with one attached hydrogen (secondary N) is 1. The van der Waals surface area contributed by atoms with Gasteiger partial charge in [-0.25, -0.2) is 13.1 Å². The lowest BCUT2D eigenvalue weighted by molar-refractivity contribution is 0.227. The number of hydrogen-bond donors (Lipinski definition) is 2. The minimum atomic E-state index is -3.69. The number of aliphatic hydroxyl groups excluding tert-OH is 1. The molecule has 6 heteroatoms. The van der Waals surface area contributed by atoms with E-state index in [1.54, 1.807) is 24.3 Å². The minimum Gasteiger partial charge on any atom is -0.497 e. The molecule has 2 aromatic rings. The highest BCUT2D eigenvalue weighted by molar-refractivity contribution is 7.89. The Labute approximate surface area is 136 Å². The molecule has 0 saturated heterocycles. The highest BCUT2D eigenvalue weighted by Gasteiger charge is 2.15. The third-order valence-electron chi connectivity index (χ3n) is 3.14. The first-order valence-electron chi connectivity index (χ1n) is 7.06. The summed E-state index contributed by atoms with van der Waals surface area (Å²) in [4.78, 5) is 0.0936. The smallest absolute Gasteiger partial charge is 0.240 e. The van der Waals surface area contributed by atoms with Gasteiger partial charge in [0.15, 0.2) is 0 Å². The van der Waals surface area contributed by atoms with E-state index in [1.165, 1.54) is 19.2 Å². The van der Waals surface area contributed by atoms with E-state index in [0.29, 0.717) is 5.75 Å². The molecule has 0 aliphatic carbocycles. The SMILES string of the molecule is COc1cccc(S(=O)(=O)NCC(O)/C=C/c2ccccc2)c1. The molecule has 0 saturated carbocycles. The molecule has 0 aliphatic rings. The van der Waals surface area contributed by atoms with Crippen molar-refractivity contribution in [3.05, 3.63) is 66.2 Å². The van der Waals surface area contributed by atoms with Gasteiger partial charge in [-0.15, -0.1) is 0 Å². The summed E-state index contributed by atoms with van der Waals surface area (Å²) >= 11 is 0. The van der Waals surface area contributed by atoms with Crippen LogP contribution < -0.4 is 9.46 Å². The molecular formula is C17H19NO4S. The van der Waals surface area contributed by atoms with Crippen molar-refractivity contribution in [3.8, 4) is 5.75 Å². The lowest BCUT2D eigenvalue weighted by Crippen LogP contribution is -2.31. The molecule has 2 aromatic carbocycles. The molecule has 0 bridgehead atoms. The summed E-state index contributed by atoms with van der Waals surface area (Å²) < 4.78 is 31.7. The molecule has 0 radical (unpaired) electrons. The molecule has 1 atom stereocenters. The second-order valence-corrected chi connectivity index (χ2v) is 6.63. The normalized spacial score (nSPS) is 13.1. The zero-order valence-electron chi connectivity index (χ0n) is 12.7. The first-order valence-corrected chi connectivity index (χ1v) is 8.54. The minimum absolute atomic E-state index is 0.0936. The molecule has 2 rings (SSSR count). The second kappa shape index (κ2) is 7.92. The number of methoxy groups -OCH3 is 1. The average Bonchev–Trinajstić information content (AvgIpc) is 2.59. The zero-order chi connectivity index (χ0) is 16.7. The largest absolute Gasteiger partial charge is 0.497 e. The van der Waals surface area contributed by atoms with Gasteiger partial charge in [0.05, 0.1) is 18.1 Å². The Morgan fingerprint density at radius 3 is 2.61 bits per heavy atom. The van der Waals surface area contributed by atoms with E-state index in [0.717, 1.165) is 5.56 Å². The average molecular weight is 333 g/mol. The standard InChI is InChI=1S/C17H19NO4S/c1-22-16-8-5-9-17(12-16)23(20,21)18-13-15(19)11-10-14-6-3-2-4-7-14/h2-12,15,18-19H,13H2,1H3/b11-10+. The van der Waals surface area contributed by atoms with Gasteiger partial charge in [-0.3, -0.25) is 0 Å². The first-order chi connectivity index (χ1) is 11.0. The fourth-order valence-electron chi connectivity index (χ4n) is 1.90. The summed E-state index contributed by atoms with van der Waals surface area (Å²) in [7, 11) is -2.23. The molecule has 0 aliphatic heterocycles. The van der Waals surface area contributed by atoms with Gasteiger partial charge in [-0.05, 0) is 17.7 Å². The van der Waals surface area contributed by atoms with Crippen molar-refractivity contribution in [3.63, 3.8) is 0 Å². The summed E-state index contributed by atoms with van der Waals surface area (Å²) in [5, 5.41) is 9.88. The van der Waals surface area contributed by atoms with Gasteiger partial charge in [-0.2, -0.15) is 0 Å². The highest BCUT2D eigenvalue weighted by atomic mass is 32.2. The molecule has 1 unspecified atom stereocenters. The lowest BCUT2D eigenvalue weighted by Gasteiger charge is -2.10. The van der Waals surface area contributed by atoms with Crippen molar-refractivity contribution in [2.75, 3.05) is 13.7 Å². The van der Waals surface area contributed by atoms with Gasteiger partial charge >= 0.3 is 0 Å². The van der Waals surface area contributed by atoms with Crippen molar-refractivity contribution in [1.29, 1.82) is 0 Å².